The molecule has 4 nitrogen and oxygen atoms in total. The van der Waals surface area contributed by atoms with Gasteiger partial charge in [0.1, 0.15) is 5.82 Å². The zero-order chi connectivity index (χ0) is 14.0. The number of aromatic nitrogens is 2. The molecule has 1 saturated heterocycles. The number of likely N-dealkylation sites (tertiary alicyclic amines) is 1. The molecule has 0 radical (unpaired) electrons. The lowest BCUT2D eigenvalue weighted by Gasteiger charge is -2.33. The van der Waals surface area contributed by atoms with Gasteiger partial charge in [-0.25, -0.2) is 4.98 Å². The Morgan fingerprint density at radius 3 is 2.70 bits per heavy atom. The van der Waals surface area contributed by atoms with Gasteiger partial charge in [-0.05, 0) is 31.1 Å². The van der Waals surface area contributed by atoms with Crippen LogP contribution in [-0.4, -0.2) is 33.9 Å². The normalized spacial score (nSPS) is 23.1. The molecule has 2 fully saturated rings. The fourth-order valence-electron chi connectivity index (χ4n) is 3.79. The lowest BCUT2D eigenvalue weighted by Crippen LogP contribution is -2.40. The number of hydrogen-bond acceptors (Lipinski definition) is 2. The highest BCUT2D eigenvalue weighted by Gasteiger charge is 2.34. The molecule has 4 heteroatoms. The summed E-state index contributed by atoms with van der Waals surface area (Å²) in [4.78, 5) is 22.1. The van der Waals surface area contributed by atoms with Crippen LogP contribution in [0.25, 0.3) is 0 Å². The Morgan fingerprint density at radius 2 is 2.10 bits per heavy atom. The fraction of sp³-hybridized carbons (Fsp3) is 0.750. The second-order valence-electron chi connectivity index (χ2n) is 6.82. The van der Waals surface area contributed by atoms with Crippen molar-refractivity contribution in [3.8, 4) is 0 Å². The molecule has 0 unspecified atom stereocenters. The summed E-state index contributed by atoms with van der Waals surface area (Å²) in [5, 5.41) is 0. The van der Waals surface area contributed by atoms with Crippen molar-refractivity contribution in [1.29, 1.82) is 0 Å². The Labute approximate surface area is 121 Å². The minimum atomic E-state index is 0.273. The molecule has 3 rings (SSSR count). The lowest BCUT2D eigenvalue weighted by atomic mass is 9.84. The fourth-order valence-corrected chi connectivity index (χ4v) is 3.79. The molecule has 1 aromatic heterocycles. The van der Waals surface area contributed by atoms with Crippen LogP contribution in [0.4, 0.5) is 0 Å². The highest BCUT2D eigenvalue weighted by atomic mass is 16.2. The lowest BCUT2D eigenvalue weighted by molar-refractivity contribution is -0.134. The van der Waals surface area contributed by atoms with Crippen LogP contribution in [0.3, 0.4) is 0 Å². The summed E-state index contributed by atoms with van der Waals surface area (Å²) in [6, 6.07) is 0. The SMILES string of the molecule is CC1(CC(=O)N2CCC(c3ncc[nH]3)CC2)CCCC1. The van der Waals surface area contributed by atoms with Gasteiger partial charge in [-0.2, -0.15) is 0 Å². The number of H-pyrrole nitrogens is 1. The van der Waals surface area contributed by atoms with Crippen molar-refractivity contribution < 1.29 is 4.79 Å². The Balaban J connectivity index is 1.51. The molecule has 110 valence electrons. The number of amides is 1. The number of piperidine rings is 1. The van der Waals surface area contributed by atoms with Crippen molar-refractivity contribution in [2.75, 3.05) is 13.1 Å². The van der Waals surface area contributed by atoms with Crippen LogP contribution in [0.1, 0.15) is 63.6 Å². The van der Waals surface area contributed by atoms with Crippen molar-refractivity contribution >= 4 is 5.91 Å². The Hall–Kier alpha value is -1.32. The molecule has 0 spiro atoms. The van der Waals surface area contributed by atoms with Crippen LogP contribution in [0.2, 0.25) is 0 Å². The van der Waals surface area contributed by atoms with E-state index in [-0.39, 0.29) is 5.41 Å². The number of rotatable bonds is 3. The molecule has 20 heavy (non-hydrogen) atoms. The average molecular weight is 275 g/mol. The second kappa shape index (κ2) is 5.58. The van der Waals surface area contributed by atoms with Crippen LogP contribution in [-0.2, 0) is 4.79 Å². The van der Waals surface area contributed by atoms with E-state index in [0.717, 1.165) is 38.2 Å². The van der Waals surface area contributed by atoms with Gasteiger partial charge in [0.15, 0.2) is 0 Å². The van der Waals surface area contributed by atoms with Crippen LogP contribution >= 0.6 is 0 Å². The van der Waals surface area contributed by atoms with Crippen molar-refractivity contribution in [1.82, 2.24) is 14.9 Å². The number of aromatic amines is 1. The van der Waals surface area contributed by atoms with Gasteiger partial charge in [-0.1, -0.05) is 19.8 Å². The second-order valence-corrected chi connectivity index (χ2v) is 6.82. The summed E-state index contributed by atoms with van der Waals surface area (Å²) in [7, 11) is 0. The number of carbonyl (C=O) groups excluding carboxylic acids is 1. The third kappa shape index (κ3) is 2.89. The number of hydrogen-bond donors (Lipinski definition) is 1. The van der Waals surface area contributed by atoms with Crippen LogP contribution < -0.4 is 0 Å². The molecule has 1 aliphatic carbocycles. The van der Waals surface area contributed by atoms with Crippen molar-refractivity contribution in [3.63, 3.8) is 0 Å². The van der Waals surface area contributed by atoms with Gasteiger partial charge < -0.3 is 9.88 Å². The van der Waals surface area contributed by atoms with Gasteiger partial charge in [0.25, 0.3) is 0 Å². The highest BCUT2D eigenvalue weighted by molar-refractivity contribution is 5.77. The molecular weight excluding hydrogens is 250 g/mol. The van der Waals surface area contributed by atoms with E-state index in [9.17, 15) is 4.79 Å². The van der Waals surface area contributed by atoms with Gasteiger partial charge in [0.2, 0.25) is 5.91 Å². The van der Waals surface area contributed by atoms with Crippen LogP contribution in [0.5, 0.6) is 0 Å². The van der Waals surface area contributed by atoms with E-state index in [0.29, 0.717) is 11.8 Å². The van der Waals surface area contributed by atoms with Gasteiger partial charge in [0.05, 0.1) is 0 Å². The smallest absolute Gasteiger partial charge is 0.223 e. The molecule has 2 aliphatic rings. The molecule has 2 heterocycles. The van der Waals surface area contributed by atoms with Gasteiger partial charge in [-0.3, -0.25) is 4.79 Å². The van der Waals surface area contributed by atoms with E-state index in [1.807, 2.05) is 12.4 Å². The molecule has 1 N–H and O–H groups in total. The zero-order valence-electron chi connectivity index (χ0n) is 12.4. The van der Waals surface area contributed by atoms with E-state index in [4.69, 9.17) is 0 Å². The van der Waals surface area contributed by atoms with Crippen molar-refractivity contribution in [2.45, 2.75) is 57.8 Å². The first-order valence-electron chi connectivity index (χ1n) is 7.93. The predicted octanol–water partition coefficient (Wildman–Crippen LogP) is 3.09. The topological polar surface area (TPSA) is 49.0 Å². The molecule has 1 aliphatic heterocycles. The minimum Gasteiger partial charge on any atom is -0.348 e. The van der Waals surface area contributed by atoms with Gasteiger partial charge in [-0.15, -0.1) is 0 Å². The Kier molecular flexibility index (Phi) is 3.81. The summed E-state index contributed by atoms with van der Waals surface area (Å²) in [5.41, 5.74) is 0.273. The standard InChI is InChI=1S/C16H25N3O/c1-16(6-2-3-7-16)12-14(20)19-10-4-13(5-11-19)15-17-8-9-18-15/h8-9,13H,2-7,10-12H2,1H3,(H,17,18). The maximum atomic E-state index is 12.5. The summed E-state index contributed by atoms with van der Waals surface area (Å²) < 4.78 is 0. The number of carbonyl (C=O) groups is 1. The van der Waals surface area contributed by atoms with E-state index in [1.54, 1.807) is 0 Å². The number of nitrogens with zero attached hydrogens (tertiary/aromatic N) is 2. The molecule has 1 saturated carbocycles. The first-order valence-corrected chi connectivity index (χ1v) is 7.93. The van der Waals surface area contributed by atoms with Crippen LogP contribution in [0.15, 0.2) is 12.4 Å². The number of imidazole rings is 1. The average Bonchev–Trinajstić information content (AvgIpc) is 3.10. The molecule has 1 amide bonds. The van der Waals surface area contributed by atoms with Crippen molar-refractivity contribution in [2.24, 2.45) is 5.41 Å². The van der Waals surface area contributed by atoms with E-state index in [1.165, 1.54) is 25.7 Å². The number of nitrogens with one attached hydrogen (secondary N) is 1. The zero-order valence-corrected chi connectivity index (χ0v) is 12.4. The highest BCUT2D eigenvalue weighted by Crippen LogP contribution is 2.41. The minimum absolute atomic E-state index is 0.273. The van der Waals surface area contributed by atoms with Gasteiger partial charge >= 0.3 is 0 Å². The summed E-state index contributed by atoms with van der Waals surface area (Å²) >= 11 is 0. The van der Waals surface area contributed by atoms with Crippen molar-refractivity contribution in [3.05, 3.63) is 18.2 Å². The van der Waals surface area contributed by atoms with Crippen LogP contribution in [0, 0.1) is 5.41 Å². The maximum absolute atomic E-state index is 12.5. The largest absolute Gasteiger partial charge is 0.348 e. The summed E-state index contributed by atoms with van der Waals surface area (Å²) in [6.45, 7) is 4.06. The summed E-state index contributed by atoms with van der Waals surface area (Å²) in [5.74, 6) is 1.95. The molecule has 0 atom stereocenters. The van der Waals surface area contributed by atoms with Gasteiger partial charge in [0, 0.05) is 37.8 Å². The molecule has 0 bridgehead atoms. The molecule has 0 aromatic carbocycles. The quantitative estimate of drug-likeness (QED) is 0.921. The van der Waals surface area contributed by atoms with E-state index in [2.05, 4.69) is 21.8 Å². The monoisotopic (exact) mass is 275 g/mol. The van der Waals surface area contributed by atoms with E-state index >= 15 is 0 Å². The molecule has 1 aromatic rings. The predicted molar refractivity (Wildman–Crippen MR) is 78.3 cm³/mol. The third-order valence-corrected chi connectivity index (χ3v) is 5.14. The first kappa shape index (κ1) is 13.7. The Morgan fingerprint density at radius 1 is 1.40 bits per heavy atom. The third-order valence-electron chi connectivity index (χ3n) is 5.14. The maximum Gasteiger partial charge on any atom is 0.223 e. The molecular formula is C16H25N3O. The Bertz CT molecular complexity index is 440. The summed E-state index contributed by atoms with van der Waals surface area (Å²) in [6.07, 6.45) is 11.6. The first-order chi connectivity index (χ1) is 9.66. The van der Waals surface area contributed by atoms with E-state index < -0.39 is 0 Å².